The first kappa shape index (κ1) is 18.5. The maximum absolute atomic E-state index is 11.8. The van der Waals surface area contributed by atoms with Crippen molar-refractivity contribution in [1.82, 2.24) is 0 Å². The van der Waals surface area contributed by atoms with Gasteiger partial charge in [-0.3, -0.25) is 9.59 Å². The number of esters is 1. The summed E-state index contributed by atoms with van der Waals surface area (Å²) in [5.74, 6) is -0.981. The van der Waals surface area contributed by atoms with Crippen LogP contribution in [0.5, 0.6) is 5.75 Å². The van der Waals surface area contributed by atoms with E-state index in [0.717, 1.165) is 0 Å². The monoisotopic (exact) mass is 361 g/mol. The molecular weight excluding hydrogens is 346 g/mol. The van der Waals surface area contributed by atoms with Crippen molar-refractivity contribution in [1.29, 1.82) is 0 Å². The molecular formula is C18H16ClNO5. The second-order valence-corrected chi connectivity index (χ2v) is 5.47. The Morgan fingerprint density at radius 2 is 1.80 bits per heavy atom. The van der Waals surface area contributed by atoms with Gasteiger partial charge in [-0.05, 0) is 31.2 Å². The molecule has 0 fully saturated rings. The van der Waals surface area contributed by atoms with Crippen molar-refractivity contribution < 1.29 is 23.9 Å². The summed E-state index contributed by atoms with van der Waals surface area (Å²) < 4.78 is 10.0. The number of Topliss-reactive ketones (excluding diaryl/α,β-unsaturated/α-hetero) is 1. The summed E-state index contributed by atoms with van der Waals surface area (Å²) in [4.78, 5) is 34.7. The van der Waals surface area contributed by atoms with Gasteiger partial charge in [-0.15, -0.1) is 0 Å². The van der Waals surface area contributed by atoms with Crippen LogP contribution in [0.4, 0.5) is 5.69 Å². The molecule has 0 heterocycles. The molecule has 0 saturated carbocycles. The first-order valence-electron chi connectivity index (χ1n) is 7.39. The maximum Gasteiger partial charge on any atom is 0.344 e. The number of hydrogen-bond acceptors (Lipinski definition) is 5. The Kier molecular flexibility index (Phi) is 6.54. The molecule has 1 N–H and O–H groups in total. The van der Waals surface area contributed by atoms with Gasteiger partial charge in [0.25, 0.3) is 5.91 Å². The van der Waals surface area contributed by atoms with Crippen LogP contribution in [0.15, 0.2) is 48.5 Å². The van der Waals surface area contributed by atoms with E-state index < -0.39 is 18.5 Å². The summed E-state index contributed by atoms with van der Waals surface area (Å²) in [7, 11) is 0. The smallest absolute Gasteiger partial charge is 0.344 e. The van der Waals surface area contributed by atoms with Crippen LogP contribution in [0.3, 0.4) is 0 Å². The van der Waals surface area contributed by atoms with Crippen LogP contribution in [0.1, 0.15) is 17.3 Å². The maximum atomic E-state index is 11.8. The highest BCUT2D eigenvalue weighted by Gasteiger charge is 2.10. The zero-order valence-corrected chi connectivity index (χ0v) is 14.2. The first-order valence-corrected chi connectivity index (χ1v) is 7.77. The molecule has 25 heavy (non-hydrogen) atoms. The molecule has 0 aliphatic carbocycles. The fourth-order valence-electron chi connectivity index (χ4n) is 1.90. The van der Waals surface area contributed by atoms with Crippen LogP contribution in [0.25, 0.3) is 0 Å². The van der Waals surface area contributed by atoms with E-state index in [0.29, 0.717) is 22.0 Å². The Balaban J connectivity index is 1.78. The van der Waals surface area contributed by atoms with Crippen molar-refractivity contribution in [3.63, 3.8) is 0 Å². The lowest BCUT2D eigenvalue weighted by Crippen LogP contribution is -2.23. The van der Waals surface area contributed by atoms with Gasteiger partial charge in [-0.2, -0.15) is 0 Å². The number of carbonyl (C=O) groups is 3. The van der Waals surface area contributed by atoms with Gasteiger partial charge in [0.1, 0.15) is 5.75 Å². The fraction of sp³-hybridized carbons (Fsp3) is 0.167. The zero-order valence-electron chi connectivity index (χ0n) is 13.5. The quantitative estimate of drug-likeness (QED) is 0.605. The second-order valence-electron chi connectivity index (χ2n) is 5.06. The molecule has 6 nitrogen and oxygen atoms in total. The summed E-state index contributed by atoms with van der Waals surface area (Å²) in [6.07, 6.45) is 0. The molecule has 7 heteroatoms. The van der Waals surface area contributed by atoms with E-state index in [2.05, 4.69) is 5.32 Å². The third-order valence-corrected chi connectivity index (χ3v) is 3.41. The highest BCUT2D eigenvalue weighted by molar-refractivity contribution is 6.32. The number of hydrogen-bond donors (Lipinski definition) is 1. The summed E-state index contributed by atoms with van der Waals surface area (Å²) in [6.45, 7) is 0.605. The number of rotatable bonds is 7. The molecule has 2 aromatic carbocycles. The third kappa shape index (κ3) is 5.93. The SMILES string of the molecule is CC(=O)c1cccc(NC(=O)COC(=O)COc2ccccc2Cl)c1. The number of halogens is 1. The highest BCUT2D eigenvalue weighted by atomic mass is 35.5. The van der Waals surface area contributed by atoms with Crippen molar-refractivity contribution in [2.75, 3.05) is 18.5 Å². The molecule has 2 aromatic rings. The number of amides is 1. The lowest BCUT2D eigenvalue weighted by Gasteiger charge is -2.09. The lowest BCUT2D eigenvalue weighted by molar-refractivity contribution is -0.149. The van der Waals surface area contributed by atoms with Crippen LogP contribution in [0.2, 0.25) is 5.02 Å². The molecule has 0 spiro atoms. The molecule has 0 saturated heterocycles. The summed E-state index contributed by atoms with van der Waals surface area (Å²) in [6, 6.07) is 13.2. The minimum Gasteiger partial charge on any atom is -0.480 e. The lowest BCUT2D eigenvalue weighted by atomic mass is 10.1. The van der Waals surface area contributed by atoms with Gasteiger partial charge >= 0.3 is 5.97 Å². The van der Waals surface area contributed by atoms with Crippen molar-refractivity contribution in [3.05, 3.63) is 59.1 Å². The number of benzene rings is 2. The van der Waals surface area contributed by atoms with Gasteiger partial charge in [-0.1, -0.05) is 35.9 Å². The van der Waals surface area contributed by atoms with Crippen LogP contribution in [-0.2, 0) is 14.3 Å². The zero-order chi connectivity index (χ0) is 18.2. The molecule has 0 aliphatic heterocycles. The standard InChI is InChI=1S/C18H16ClNO5/c1-12(21)13-5-4-6-14(9-13)20-17(22)10-25-18(23)11-24-16-8-3-2-7-15(16)19/h2-9H,10-11H2,1H3,(H,20,22). The van der Waals surface area contributed by atoms with Crippen molar-refractivity contribution in [3.8, 4) is 5.75 Å². The number of carbonyl (C=O) groups excluding carboxylic acids is 3. The average Bonchev–Trinajstić information content (AvgIpc) is 2.59. The number of anilines is 1. The molecule has 0 unspecified atom stereocenters. The van der Waals surface area contributed by atoms with E-state index in [1.54, 1.807) is 48.5 Å². The van der Waals surface area contributed by atoms with Crippen LogP contribution in [0, 0.1) is 0 Å². The number of nitrogens with one attached hydrogen (secondary N) is 1. The predicted octanol–water partition coefficient (Wildman–Crippen LogP) is 3.10. The van der Waals surface area contributed by atoms with Gasteiger partial charge in [0.15, 0.2) is 19.0 Å². The topological polar surface area (TPSA) is 81.7 Å². The van der Waals surface area contributed by atoms with Crippen molar-refractivity contribution in [2.45, 2.75) is 6.92 Å². The molecule has 0 bridgehead atoms. The average molecular weight is 362 g/mol. The fourth-order valence-corrected chi connectivity index (χ4v) is 2.09. The molecule has 0 aliphatic rings. The van der Waals surface area contributed by atoms with Crippen molar-refractivity contribution >= 4 is 34.9 Å². The Hall–Kier alpha value is -2.86. The molecule has 1 amide bonds. The first-order chi connectivity index (χ1) is 12.0. The Morgan fingerprint density at radius 3 is 2.52 bits per heavy atom. The van der Waals surface area contributed by atoms with E-state index in [-0.39, 0.29) is 12.4 Å². The Morgan fingerprint density at radius 1 is 1.04 bits per heavy atom. The summed E-state index contributed by atoms with van der Waals surface area (Å²) >= 11 is 5.90. The van der Waals surface area contributed by atoms with E-state index in [1.165, 1.54) is 6.92 Å². The molecule has 130 valence electrons. The number of ether oxygens (including phenoxy) is 2. The summed E-state index contributed by atoms with van der Waals surface area (Å²) in [5.41, 5.74) is 0.920. The largest absolute Gasteiger partial charge is 0.480 e. The van der Waals surface area contributed by atoms with E-state index >= 15 is 0 Å². The predicted molar refractivity (Wildman–Crippen MR) is 93.0 cm³/mol. The van der Waals surface area contributed by atoms with Crippen molar-refractivity contribution in [2.24, 2.45) is 0 Å². The third-order valence-electron chi connectivity index (χ3n) is 3.10. The number of ketones is 1. The van der Waals surface area contributed by atoms with Crippen LogP contribution >= 0.6 is 11.6 Å². The van der Waals surface area contributed by atoms with Gasteiger partial charge < -0.3 is 14.8 Å². The minimum atomic E-state index is -0.701. The normalized spacial score (nSPS) is 10.0. The van der Waals surface area contributed by atoms with E-state index in [1.807, 2.05) is 0 Å². The van der Waals surface area contributed by atoms with E-state index in [9.17, 15) is 14.4 Å². The van der Waals surface area contributed by atoms with Gasteiger partial charge in [0.05, 0.1) is 5.02 Å². The summed E-state index contributed by atoms with van der Waals surface area (Å²) in [5, 5.41) is 2.92. The van der Waals surface area contributed by atoms with Crippen LogP contribution in [-0.4, -0.2) is 30.9 Å². The van der Waals surface area contributed by atoms with Gasteiger partial charge in [-0.25, -0.2) is 4.79 Å². The number of para-hydroxylation sites is 1. The minimum absolute atomic E-state index is 0.112. The molecule has 2 rings (SSSR count). The molecule has 0 atom stereocenters. The van der Waals surface area contributed by atoms with Crippen LogP contribution < -0.4 is 10.1 Å². The molecule has 0 radical (unpaired) electrons. The second kappa shape index (κ2) is 8.84. The van der Waals surface area contributed by atoms with Gasteiger partial charge in [0.2, 0.25) is 0 Å². The highest BCUT2D eigenvalue weighted by Crippen LogP contribution is 2.22. The molecule has 0 aromatic heterocycles. The van der Waals surface area contributed by atoms with E-state index in [4.69, 9.17) is 21.1 Å². The Labute approximate surface area is 149 Å². The Bertz CT molecular complexity index is 791. The van der Waals surface area contributed by atoms with Gasteiger partial charge in [0, 0.05) is 11.3 Å².